The molecule has 0 radical (unpaired) electrons. The van der Waals surface area contributed by atoms with E-state index in [2.05, 4.69) is 48.8 Å². The number of ketones is 1. The summed E-state index contributed by atoms with van der Waals surface area (Å²) in [5.74, 6) is -1.96. The van der Waals surface area contributed by atoms with Gasteiger partial charge in [-0.1, -0.05) is 63.6 Å². The quantitative estimate of drug-likeness (QED) is 0.378. The number of Topliss-reactive ketones (excluding diaryl/α,β-unsaturated/α-hetero) is 1. The molecule has 228 valence electrons. The van der Waals surface area contributed by atoms with Gasteiger partial charge < -0.3 is 9.84 Å². The molecule has 0 aromatic heterocycles. The van der Waals surface area contributed by atoms with Crippen molar-refractivity contribution < 1.29 is 32.2 Å². The number of carbonyl (C=O) groups is 2. The molecule has 4 aliphatic rings. The number of hydrogen-bond donors (Lipinski definition) is 1. The molecule has 2 aromatic rings. The minimum absolute atomic E-state index is 0.0204. The average Bonchev–Trinajstić information content (AvgIpc) is 3.23. The van der Waals surface area contributed by atoms with Crippen LogP contribution in [0.15, 0.2) is 74.9 Å². The Morgan fingerprint density at radius 3 is 2.49 bits per heavy atom. The smallest absolute Gasteiger partial charge is 0.416 e. The van der Waals surface area contributed by atoms with E-state index in [9.17, 15) is 27.5 Å². The molecule has 7 nitrogen and oxygen atoms in total. The summed E-state index contributed by atoms with van der Waals surface area (Å²) in [6.45, 7) is 6.06. The Morgan fingerprint density at radius 1 is 1.09 bits per heavy atom. The maximum Gasteiger partial charge on any atom is 0.416 e. The van der Waals surface area contributed by atoms with Crippen molar-refractivity contribution in [3.05, 3.63) is 91.8 Å². The van der Waals surface area contributed by atoms with Crippen LogP contribution in [0.25, 0.3) is 0 Å². The lowest BCUT2D eigenvalue weighted by atomic mass is 9.60. The van der Waals surface area contributed by atoms with Crippen molar-refractivity contribution in [3.63, 3.8) is 0 Å². The summed E-state index contributed by atoms with van der Waals surface area (Å²) in [6.07, 6.45) is 1.19. The zero-order valence-corrected chi connectivity index (χ0v) is 26.8. The van der Waals surface area contributed by atoms with Crippen LogP contribution in [0, 0.1) is 23.6 Å². The lowest BCUT2D eigenvalue weighted by Gasteiger charge is -2.46. The number of nitrogens with zero attached hydrogens (tertiary/aromatic N) is 1. The molecule has 0 saturated heterocycles. The molecule has 3 heterocycles. The van der Waals surface area contributed by atoms with Crippen LogP contribution in [0.5, 0.6) is 0 Å². The Hall–Kier alpha value is -2.82. The number of carbonyl (C=O) groups excluding carboxylic acids is 1. The van der Waals surface area contributed by atoms with Gasteiger partial charge in [-0.2, -0.15) is 0 Å². The number of allylic oxidation sites excluding steroid dienone is 2. The highest BCUT2D eigenvalue weighted by atomic mass is 79.9. The van der Waals surface area contributed by atoms with Crippen LogP contribution in [0.2, 0.25) is 0 Å². The molecule has 0 bridgehead atoms. The van der Waals surface area contributed by atoms with Gasteiger partial charge in [0.1, 0.15) is 12.4 Å². The number of hydrogen-bond acceptors (Lipinski definition) is 5. The summed E-state index contributed by atoms with van der Waals surface area (Å²) in [5, 5.41) is 9.56. The Balaban J connectivity index is 1.52. The SMILES string of the molecule is C[C@@H]1CCC(C(C)(C)c2ccccc2)[C@H]([C@@H]2CC3=C(C(c4ccc(F)c(Br)c4)C4=C(COCC4=O)N3C(=O)O)S2(=O)=O)C1. The van der Waals surface area contributed by atoms with Gasteiger partial charge >= 0.3 is 6.09 Å². The van der Waals surface area contributed by atoms with Gasteiger partial charge in [0.15, 0.2) is 15.6 Å². The van der Waals surface area contributed by atoms with Gasteiger partial charge in [-0.05, 0) is 75.2 Å². The van der Waals surface area contributed by atoms with E-state index in [0.29, 0.717) is 17.9 Å². The number of halogens is 2. The second-order valence-electron chi connectivity index (χ2n) is 12.9. The van der Waals surface area contributed by atoms with Gasteiger partial charge in [0.05, 0.1) is 32.8 Å². The summed E-state index contributed by atoms with van der Waals surface area (Å²) in [6, 6.07) is 14.3. The number of ether oxygens (including phenoxy) is 1. The third kappa shape index (κ3) is 4.90. The van der Waals surface area contributed by atoms with E-state index >= 15 is 0 Å². The van der Waals surface area contributed by atoms with Crippen LogP contribution in [0.1, 0.15) is 63.5 Å². The first kappa shape index (κ1) is 30.2. The van der Waals surface area contributed by atoms with Gasteiger partial charge in [-0.3, -0.25) is 9.69 Å². The second-order valence-corrected chi connectivity index (χ2v) is 15.9. The van der Waals surface area contributed by atoms with Crippen molar-refractivity contribution in [1.29, 1.82) is 0 Å². The zero-order valence-electron chi connectivity index (χ0n) is 24.3. The van der Waals surface area contributed by atoms with Crippen LogP contribution >= 0.6 is 15.9 Å². The zero-order chi connectivity index (χ0) is 30.8. The predicted molar refractivity (Wildman–Crippen MR) is 163 cm³/mol. The largest absolute Gasteiger partial charge is 0.464 e. The van der Waals surface area contributed by atoms with Gasteiger partial charge in [-0.15, -0.1) is 0 Å². The number of carboxylic acid groups (broad SMARTS) is 1. The Morgan fingerprint density at radius 2 is 1.81 bits per heavy atom. The van der Waals surface area contributed by atoms with Crippen molar-refractivity contribution >= 4 is 37.6 Å². The molecule has 1 saturated carbocycles. The maximum absolute atomic E-state index is 14.9. The summed E-state index contributed by atoms with van der Waals surface area (Å²) >= 11 is 3.21. The van der Waals surface area contributed by atoms with E-state index in [1.54, 1.807) is 0 Å². The lowest BCUT2D eigenvalue weighted by molar-refractivity contribution is -0.121. The summed E-state index contributed by atoms with van der Waals surface area (Å²) in [4.78, 5) is 27.1. The number of amides is 1. The molecule has 1 N–H and O–H groups in total. The van der Waals surface area contributed by atoms with E-state index < -0.39 is 38.7 Å². The second kappa shape index (κ2) is 11.0. The number of rotatable bonds is 4. The van der Waals surface area contributed by atoms with Crippen molar-refractivity contribution in [1.82, 2.24) is 4.90 Å². The standard InChI is InChI=1S/C33H35BrFNO6S/c1-18-9-11-22(33(2,3)20-7-5-4-6-8-20)21(13-18)28-15-25-31(43(28,40)41)29(19-10-12-24(35)23(34)14-19)30-26(36(25)32(38)39)16-42-17-27(30)37/h4-8,10,12,14,18,21-22,28-29H,9,11,13,15-17H2,1-3H3,(H,38,39)/t18-,21-,22?,28+,29?/m1/s1. The third-order valence-electron chi connectivity index (χ3n) is 10.1. The van der Waals surface area contributed by atoms with Crippen molar-refractivity contribution in [2.75, 3.05) is 13.2 Å². The normalized spacial score (nSPS) is 29.0. The molecule has 2 aromatic carbocycles. The fourth-order valence-corrected chi connectivity index (χ4v) is 11.0. The first-order valence-corrected chi connectivity index (χ1v) is 17.0. The topological polar surface area (TPSA) is 101 Å². The van der Waals surface area contributed by atoms with Crippen molar-refractivity contribution in [3.8, 4) is 0 Å². The monoisotopic (exact) mass is 671 g/mol. The van der Waals surface area contributed by atoms with Crippen LogP contribution in [-0.2, 0) is 24.8 Å². The van der Waals surface area contributed by atoms with Gasteiger partial charge in [0.2, 0.25) is 0 Å². The average molecular weight is 673 g/mol. The van der Waals surface area contributed by atoms with Crippen LogP contribution < -0.4 is 0 Å². The van der Waals surface area contributed by atoms with Crippen LogP contribution in [-0.4, -0.2) is 48.8 Å². The fraction of sp³-hybridized carbons (Fsp3) is 0.455. The molecule has 6 rings (SSSR count). The van der Waals surface area contributed by atoms with E-state index in [4.69, 9.17) is 4.74 Å². The van der Waals surface area contributed by atoms with Crippen LogP contribution in [0.4, 0.5) is 9.18 Å². The Kier molecular flexibility index (Phi) is 7.70. The number of sulfone groups is 1. The van der Waals surface area contributed by atoms with E-state index in [-0.39, 0.29) is 63.2 Å². The van der Waals surface area contributed by atoms with E-state index in [1.165, 1.54) is 18.2 Å². The van der Waals surface area contributed by atoms with E-state index in [0.717, 1.165) is 23.3 Å². The summed E-state index contributed by atoms with van der Waals surface area (Å²) < 4.78 is 49.7. The molecule has 1 amide bonds. The first-order valence-electron chi connectivity index (χ1n) is 14.7. The first-order chi connectivity index (χ1) is 20.3. The molecule has 3 aliphatic heterocycles. The Bertz CT molecular complexity index is 1670. The molecule has 2 unspecified atom stereocenters. The van der Waals surface area contributed by atoms with Crippen LogP contribution in [0.3, 0.4) is 0 Å². The molecular weight excluding hydrogens is 637 g/mol. The molecule has 1 fully saturated rings. The van der Waals surface area contributed by atoms with Crippen molar-refractivity contribution in [2.24, 2.45) is 17.8 Å². The molecule has 5 atom stereocenters. The fourth-order valence-electron chi connectivity index (χ4n) is 8.06. The summed E-state index contributed by atoms with van der Waals surface area (Å²) in [7, 11) is -4.11. The number of benzene rings is 2. The Labute approximate surface area is 259 Å². The molecule has 1 aliphatic carbocycles. The van der Waals surface area contributed by atoms with Gasteiger partial charge in [-0.25, -0.2) is 17.6 Å². The van der Waals surface area contributed by atoms with Gasteiger partial charge in [0, 0.05) is 17.7 Å². The maximum atomic E-state index is 14.9. The van der Waals surface area contributed by atoms with Gasteiger partial charge in [0.25, 0.3) is 0 Å². The van der Waals surface area contributed by atoms with E-state index in [1.807, 2.05) is 18.2 Å². The predicted octanol–water partition coefficient (Wildman–Crippen LogP) is 6.95. The highest BCUT2D eigenvalue weighted by molar-refractivity contribution is 9.10. The molecular formula is C33H35BrFNO6S. The van der Waals surface area contributed by atoms with Crippen molar-refractivity contribution in [2.45, 2.75) is 63.0 Å². The molecule has 10 heteroatoms. The minimum atomic E-state index is -4.11. The lowest BCUT2D eigenvalue weighted by Crippen LogP contribution is -2.44. The highest BCUT2D eigenvalue weighted by Crippen LogP contribution is 2.57. The highest BCUT2D eigenvalue weighted by Gasteiger charge is 2.57. The summed E-state index contributed by atoms with van der Waals surface area (Å²) in [5.41, 5.74) is 1.62. The molecule has 43 heavy (non-hydrogen) atoms. The third-order valence-corrected chi connectivity index (χ3v) is 13.1. The minimum Gasteiger partial charge on any atom is -0.464 e. The molecule has 0 spiro atoms.